The van der Waals surface area contributed by atoms with Crippen LogP contribution in [0.15, 0.2) is 78.2 Å². The summed E-state index contributed by atoms with van der Waals surface area (Å²) in [4.78, 5) is 31.8. The first-order valence-electron chi connectivity index (χ1n) is 10.6. The molecule has 4 rings (SSSR count). The second kappa shape index (κ2) is 10.4. The number of carbonyl (C=O) groups is 2. The molecule has 0 unspecified atom stereocenters. The van der Waals surface area contributed by atoms with E-state index in [1.807, 2.05) is 53.4 Å². The first-order chi connectivity index (χ1) is 15.2. The Balaban J connectivity index is 1.41. The number of nitrogens with one attached hydrogen (secondary N) is 1. The van der Waals surface area contributed by atoms with Crippen LogP contribution in [0.4, 0.5) is 0 Å². The van der Waals surface area contributed by atoms with E-state index in [9.17, 15) is 9.59 Å². The highest BCUT2D eigenvalue weighted by Crippen LogP contribution is 2.15. The number of rotatable bonds is 7. The molecule has 5 nitrogen and oxygen atoms in total. The Bertz CT molecular complexity index is 969. The molecule has 0 bridgehead atoms. The fraction of sp³-hybridized carbons (Fsp3) is 0.280. The van der Waals surface area contributed by atoms with Gasteiger partial charge in [0.1, 0.15) is 6.04 Å². The zero-order valence-electron chi connectivity index (χ0n) is 17.4. The van der Waals surface area contributed by atoms with Crippen LogP contribution >= 0.6 is 11.3 Å². The molecule has 1 aromatic heterocycles. The van der Waals surface area contributed by atoms with Gasteiger partial charge in [0, 0.05) is 49.6 Å². The van der Waals surface area contributed by atoms with Crippen LogP contribution in [0.25, 0.3) is 0 Å². The predicted octanol–water partition coefficient (Wildman–Crippen LogP) is 3.43. The summed E-state index contributed by atoms with van der Waals surface area (Å²) in [6.07, 6.45) is 0.480. The van der Waals surface area contributed by atoms with E-state index in [0.717, 1.165) is 25.2 Å². The Labute approximate surface area is 187 Å². The lowest BCUT2D eigenvalue weighted by Gasteiger charge is -2.36. The Hall–Kier alpha value is -2.96. The van der Waals surface area contributed by atoms with Crippen molar-refractivity contribution >= 4 is 23.2 Å². The smallest absolute Gasteiger partial charge is 0.251 e. The molecule has 3 aromatic rings. The summed E-state index contributed by atoms with van der Waals surface area (Å²) in [5, 5.41) is 5.08. The molecule has 0 spiro atoms. The summed E-state index contributed by atoms with van der Waals surface area (Å²) >= 11 is 1.76. The minimum Gasteiger partial charge on any atom is -0.340 e. The van der Waals surface area contributed by atoms with E-state index in [0.29, 0.717) is 25.1 Å². The average molecular weight is 434 g/mol. The maximum absolute atomic E-state index is 13.4. The summed E-state index contributed by atoms with van der Waals surface area (Å²) in [6.45, 7) is 3.97. The molecule has 1 N–H and O–H groups in total. The lowest BCUT2D eigenvalue weighted by molar-refractivity contribution is -0.135. The predicted molar refractivity (Wildman–Crippen MR) is 124 cm³/mol. The normalized spacial score (nSPS) is 15.4. The van der Waals surface area contributed by atoms with Crippen molar-refractivity contribution in [3.8, 4) is 0 Å². The quantitative estimate of drug-likeness (QED) is 0.621. The molecule has 0 radical (unpaired) electrons. The Morgan fingerprint density at radius 2 is 1.55 bits per heavy atom. The molecule has 1 saturated heterocycles. The van der Waals surface area contributed by atoms with Crippen LogP contribution in [0.3, 0.4) is 0 Å². The largest absolute Gasteiger partial charge is 0.340 e. The van der Waals surface area contributed by atoms with Crippen LogP contribution in [0, 0.1) is 0 Å². The molecule has 2 amide bonds. The van der Waals surface area contributed by atoms with E-state index < -0.39 is 6.04 Å². The van der Waals surface area contributed by atoms with Crippen molar-refractivity contribution in [3.05, 3.63) is 94.2 Å². The summed E-state index contributed by atoms with van der Waals surface area (Å²) in [7, 11) is 0. The van der Waals surface area contributed by atoms with Crippen LogP contribution in [-0.4, -0.2) is 53.8 Å². The van der Waals surface area contributed by atoms with Crippen molar-refractivity contribution in [1.82, 2.24) is 15.1 Å². The monoisotopic (exact) mass is 433 g/mol. The topological polar surface area (TPSA) is 52.7 Å². The lowest BCUT2D eigenvalue weighted by Crippen LogP contribution is -2.55. The maximum atomic E-state index is 13.4. The number of thiophene rings is 1. The molecule has 31 heavy (non-hydrogen) atoms. The van der Waals surface area contributed by atoms with E-state index >= 15 is 0 Å². The van der Waals surface area contributed by atoms with E-state index in [-0.39, 0.29) is 11.8 Å². The van der Waals surface area contributed by atoms with Gasteiger partial charge in [0.15, 0.2) is 0 Å². The number of hydrogen-bond acceptors (Lipinski definition) is 4. The molecular weight excluding hydrogens is 406 g/mol. The Morgan fingerprint density at radius 3 is 2.19 bits per heavy atom. The van der Waals surface area contributed by atoms with Gasteiger partial charge < -0.3 is 10.2 Å². The van der Waals surface area contributed by atoms with Gasteiger partial charge >= 0.3 is 0 Å². The van der Waals surface area contributed by atoms with Crippen molar-refractivity contribution in [2.24, 2.45) is 0 Å². The van der Waals surface area contributed by atoms with Crippen LogP contribution < -0.4 is 5.32 Å². The molecule has 2 aromatic carbocycles. The van der Waals surface area contributed by atoms with E-state index in [1.165, 1.54) is 4.88 Å². The van der Waals surface area contributed by atoms with Crippen molar-refractivity contribution in [2.45, 2.75) is 19.0 Å². The third kappa shape index (κ3) is 5.81. The van der Waals surface area contributed by atoms with E-state index in [2.05, 4.69) is 27.7 Å². The molecular formula is C25H27N3O2S. The molecule has 160 valence electrons. The number of hydrogen-bond donors (Lipinski definition) is 1. The standard InChI is InChI=1S/C25H27N3O2S/c29-24(21-10-5-2-6-11-21)26-23(18-20-8-3-1-4-9-20)25(30)28-15-13-27(14-16-28)19-22-12-7-17-31-22/h1-12,17,23H,13-16,18-19H2,(H,26,29)/t23-/m0/s1. The third-order valence-electron chi connectivity index (χ3n) is 5.57. The molecule has 0 aliphatic carbocycles. The first kappa shape index (κ1) is 21.3. The summed E-state index contributed by atoms with van der Waals surface area (Å²) in [5.74, 6) is -0.227. The van der Waals surface area contributed by atoms with Crippen LogP contribution in [0.1, 0.15) is 20.8 Å². The van der Waals surface area contributed by atoms with Gasteiger partial charge in [-0.3, -0.25) is 14.5 Å². The van der Waals surface area contributed by atoms with E-state index in [4.69, 9.17) is 0 Å². The van der Waals surface area contributed by atoms with Crippen molar-refractivity contribution in [1.29, 1.82) is 0 Å². The fourth-order valence-corrected chi connectivity index (χ4v) is 4.60. The van der Waals surface area contributed by atoms with E-state index in [1.54, 1.807) is 23.5 Å². The second-order valence-electron chi connectivity index (χ2n) is 7.76. The SMILES string of the molecule is O=C(N[C@@H](Cc1ccccc1)C(=O)N1CCN(Cc2cccs2)CC1)c1ccccc1. The van der Waals surface area contributed by atoms with Gasteiger partial charge in [-0.15, -0.1) is 11.3 Å². The zero-order valence-corrected chi connectivity index (χ0v) is 18.3. The second-order valence-corrected chi connectivity index (χ2v) is 8.79. The van der Waals surface area contributed by atoms with Crippen LogP contribution in [0.5, 0.6) is 0 Å². The van der Waals surface area contributed by atoms with Crippen molar-refractivity contribution in [3.63, 3.8) is 0 Å². The summed E-state index contributed by atoms with van der Waals surface area (Å²) in [6, 6.07) is 22.6. The molecule has 1 fully saturated rings. The number of benzene rings is 2. The molecule has 1 atom stereocenters. The minimum absolute atomic E-state index is 0.0103. The average Bonchev–Trinajstić information content (AvgIpc) is 3.33. The number of carbonyl (C=O) groups excluding carboxylic acids is 2. The van der Waals surface area contributed by atoms with Gasteiger partial charge in [-0.1, -0.05) is 54.6 Å². The number of piperazine rings is 1. The van der Waals surface area contributed by atoms with Gasteiger partial charge in [0.2, 0.25) is 5.91 Å². The molecule has 1 aliphatic rings. The maximum Gasteiger partial charge on any atom is 0.251 e. The van der Waals surface area contributed by atoms with Gasteiger partial charge in [-0.2, -0.15) is 0 Å². The number of amides is 2. The summed E-state index contributed by atoms with van der Waals surface area (Å²) < 4.78 is 0. The molecule has 2 heterocycles. The lowest BCUT2D eigenvalue weighted by atomic mass is 10.0. The van der Waals surface area contributed by atoms with Gasteiger partial charge in [-0.05, 0) is 29.1 Å². The Kier molecular flexibility index (Phi) is 7.12. The van der Waals surface area contributed by atoms with Crippen LogP contribution in [0.2, 0.25) is 0 Å². The molecule has 0 saturated carbocycles. The Morgan fingerprint density at radius 1 is 0.871 bits per heavy atom. The van der Waals surface area contributed by atoms with Crippen molar-refractivity contribution in [2.75, 3.05) is 26.2 Å². The minimum atomic E-state index is -0.584. The molecule has 1 aliphatic heterocycles. The first-order valence-corrected chi connectivity index (χ1v) is 11.5. The van der Waals surface area contributed by atoms with Crippen molar-refractivity contribution < 1.29 is 9.59 Å². The summed E-state index contributed by atoms with van der Waals surface area (Å²) in [5.41, 5.74) is 1.60. The molecule has 6 heteroatoms. The van der Waals surface area contributed by atoms with Gasteiger partial charge in [0.05, 0.1) is 0 Å². The number of nitrogens with zero attached hydrogens (tertiary/aromatic N) is 2. The highest BCUT2D eigenvalue weighted by atomic mass is 32.1. The highest BCUT2D eigenvalue weighted by Gasteiger charge is 2.29. The third-order valence-corrected chi connectivity index (χ3v) is 6.43. The fourth-order valence-electron chi connectivity index (χ4n) is 3.85. The van der Waals surface area contributed by atoms with Gasteiger partial charge in [-0.25, -0.2) is 0 Å². The van der Waals surface area contributed by atoms with Gasteiger partial charge in [0.25, 0.3) is 5.91 Å². The zero-order chi connectivity index (χ0) is 21.5. The highest BCUT2D eigenvalue weighted by molar-refractivity contribution is 7.09. The van der Waals surface area contributed by atoms with Crippen LogP contribution in [-0.2, 0) is 17.8 Å².